The molecule has 1 nitrogen and oxygen atoms in total. The third-order valence-corrected chi connectivity index (χ3v) is 2.08. The van der Waals surface area contributed by atoms with Crippen LogP contribution in [0.25, 0.3) is 0 Å². The molecule has 0 bridgehead atoms. The van der Waals surface area contributed by atoms with E-state index in [-0.39, 0.29) is 5.69 Å². The summed E-state index contributed by atoms with van der Waals surface area (Å²) in [4.78, 5) is 3.62. The number of hydrogen-bond acceptors (Lipinski definition) is 1. The van der Waals surface area contributed by atoms with Crippen molar-refractivity contribution in [1.29, 1.82) is 0 Å². The van der Waals surface area contributed by atoms with Gasteiger partial charge in [-0.2, -0.15) is 0 Å². The largest absolute Gasteiger partial charge is 0.281 e. The van der Waals surface area contributed by atoms with Crippen molar-refractivity contribution in [1.82, 2.24) is 4.98 Å². The SMILES string of the molecule is Cc1cnc(C(F)F)c(I)c1. The van der Waals surface area contributed by atoms with Crippen LogP contribution in [0, 0.1) is 10.5 Å². The second-order valence-electron chi connectivity index (χ2n) is 2.18. The van der Waals surface area contributed by atoms with E-state index in [1.165, 1.54) is 6.20 Å². The highest BCUT2D eigenvalue weighted by atomic mass is 127. The molecular weight excluding hydrogens is 263 g/mol. The van der Waals surface area contributed by atoms with Gasteiger partial charge in [-0.1, -0.05) is 0 Å². The molecule has 0 fully saturated rings. The zero-order valence-corrected chi connectivity index (χ0v) is 7.97. The molecule has 0 aromatic carbocycles. The van der Waals surface area contributed by atoms with Crippen LogP contribution < -0.4 is 0 Å². The molecule has 0 amide bonds. The zero-order valence-electron chi connectivity index (χ0n) is 5.81. The summed E-state index contributed by atoms with van der Waals surface area (Å²) in [5, 5.41) is 0. The van der Waals surface area contributed by atoms with Crippen molar-refractivity contribution in [2.75, 3.05) is 0 Å². The average Bonchev–Trinajstić information content (AvgIpc) is 1.85. The lowest BCUT2D eigenvalue weighted by Gasteiger charge is -2.01. The molecule has 1 aromatic heterocycles. The Kier molecular flexibility index (Phi) is 2.75. The fraction of sp³-hybridized carbons (Fsp3) is 0.286. The van der Waals surface area contributed by atoms with Gasteiger partial charge in [0.2, 0.25) is 0 Å². The first-order valence-corrected chi connectivity index (χ1v) is 4.09. The van der Waals surface area contributed by atoms with E-state index in [4.69, 9.17) is 0 Å². The third-order valence-electron chi connectivity index (χ3n) is 1.21. The van der Waals surface area contributed by atoms with E-state index < -0.39 is 6.43 Å². The molecule has 60 valence electrons. The molecular formula is C7H6F2IN. The van der Waals surface area contributed by atoms with E-state index in [0.717, 1.165) is 5.56 Å². The molecule has 11 heavy (non-hydrogen) atoms. The van der Waals surface area contributed by atoms with Crippen molar-refractivity contribution < 1.29 is 8.78 Å². The van der Waals surface area contributed by atoms with Crippen molar-refractivity contribution >= 4 is 22.6 Å². The highest BCUT2D eigenvalue weighted by molar-refractivity contribution is 14.1. The Morgan fingerprint density at radius 1 is 1.55 bits per heavy atom. The zero-order chi connectivity index (χ0) is 8.43. The van der Waals surface area contributed by atoms with Gasteiger partial charge in [0.1, 0.15) is 5.69 Å². The number of hydrogen-bond donors (Lipinski definition) is 0. The van der Waals surface area contributed by atoms with Gasteiger partial charge in [0.15, 0.2) is 0 Å². The minimum absolute atomic E-state index is 0.129. The van der Waals surface area contributed by atoms with Crippen LogP contribution in [0.15, 0.2) is 12.3 Å². The molecule has 4 heteroatoms. The second-order valence-corrected chi connectivity index (χ2v) is 3.34. The number of halogens is 3. The molecule has 0 spiro atoms. The molecule has 0 saturated carbocycles. The van der Waals surface area contributed by atoms with Gasteiger partial charge in [-0.15, -0.1) is 0 Å². The average molecular weight is 269 g/mol. The van der Waals surface area contributed by atoms with Gasteiger partial charge in [0, 0.05) is 9.77 Å². The van der Waals surface area contributed by atoms with Gasteiger partial charge >= 0.3 is 0 Å². The summed E-state index contributed by atoms with van der Waals surface area (Å²) in [6.07, 6.45) is -1.02. The van der Waals surface area contributed by atoms with Gasteiger partial charge in [0.05, 0.1) is 0 Å². The predicted molar refractivity (Wildman–Crippen MR) is 46.6 cm³/mol. The maximum Gasteiger partial charge on any atom is 0.281 e. The van der Waals surface area contributed by atoms with E-state index in [0.29, 0.717) is 3.57 Å². The number of nitrogens with zero attached hydrogens (tertiary/aromatic N) is 1. The van der Waals surface area contributed by atoms with Gasteiger partial charge in [-0.05, 0) is 41.1 Å². The summed E-state index contributed by atoms with van der Waals surface area (Å²) in [6.45, 7) is 1.82. The van der Waals surface area contributed by atoms with Gasteiger partial charge in [-0.3, -0.25) is 4.98 Å². The first-order chi connectivity index (χ1) is 5.11. The lowest BCUT2D eigenvalue weighted by molar-refractivity contribution is 0.145. The highest BCUT2D eigenvalue weighted by Gasteiger charge is 2.12. The Morgan fingerprint density at radius 2 is 2.18 bits per heavy atom. The normalized spacial score (nSPS) is 10.6. The lowest BCUT2D eigenvalue weighted by atomic mass is 10.3. The van der Waals surface area contributed by atoms with Crippen molar-refractivity contribution in [2.24, 2.45) is 0 Å². The number of aromatic nitrogens is 1. The van der Waals surface area contributed by atoms with Gasteiger partial charge in [0.25, 0.3) is 6.43 Å². The topological polar surface area (TPSA) is 12.9 Å². The third kappa shape index (κ3) is 2.08. The summed E-state index contributed by atoms with van der Waals surface area (Å²) < 4.78 is 24.7. The first kappa shape index (κ1) is 8.83. The van der Waals surface area contributed by atoms with Crippen LogP contribution in [0.3, 0.4) is 0 Å². The van der Waals surface area contributed by atoms with Crippen LogP contribution in [-0.4, -0.2) is 4.98 Å². The molecule has 0 aliphatic rings. The summed E-state index contributed by atoms with van der Waals surface area (Å²) in [6, 6.07) is 1.69. The van der Waals surface area contributed by atoms with Crippen LogP contribution in [0.2, 0.25) is 0 Å². The maximum atomic E-state index is 12.1. The molecule has 0 saturated heterocycles. The minimum atomic E-state index is -2.47. The predicted octanol–water partition coefficient (Wildman–Crippen LogP) is 2.93. The van der Waals surface area contributed by atoms with Crippen LogP contribution in [0.4, 0.5) is 8.78 Å². The Morgan fingerprint density at radius 3 is 2.64 bits per heavy atom. The van der Waals surface area contributed by atoms with Crippen LogP contribution in [-0.2, 0) is 0 Å². The van der Waals surface area contributed by atoms with E-state index in [1.807, 2.05) is 29.5 Å². The van der Waals surface area contributed by atoms with Gasteiger partial charge in [-0.25, -0.2) is 8.78 Å². The number of aryl methyl sites for hydroxylation is 1. The molecule has 0 aliphatic carbocycles. The molecule has 0 atom stereocenters. The van der Waals surface area contributed by atoms with Crippen molar-refractivity contribution in [3.63, 3.8) is 0 Å². The minimum Gasteiger partial charge on any atom is -0.254 e. The Bertz CT molecular complexity index is 263. The molecule has 0 radical (unpaired) electrons. The quantitative estimate of drug-likeness (QED) is 0.714. The van der Waals surface area contributed by atoms with Crippen LogP contribution in [0.1, 0.15) is 17.7 Å². The number of pyridine rings is 1. The van der Waals surface area contributed by atoms with Crippen molar-refractivity contribution in [3.05, 3.63) is 27.1 Å². The van der Waals surface area contributed by atoms with E-state index in [1.54, 1.807) is 6.07 Å². The first-order valence-electron chi connectivity index (χ1n) is 3.01. The fourth-order valence-electron chi connectivity index (χ4n) is 0.705. The van der Waals surface area contributed by atoms with E-state index in [2.05, 4.69) is 4.98 Å². The standard InChI is InChI=1S/C7H6F2IN/c1-4-2-5(10)6(7(8)9)11-3-4/h2-3,7H,1H3. The molecule has 1 aromatic rings. The maximum absolute atomic E-state index is 12.1. The Hall–Kier alpha value is -0.260. The number of alkyl halides is 2. The summed E-state index contributed by atoms with van der Waals surface area (Å²) >= 11 is 1.86. The van der Waals surface area contributed by atoms with Gasteiger partial charge < -0.3 is 0 Å². The smallest absolute Gasteiger partial charge is 0.254 e. The fourth-order valence-corrected chi connectivity index (χ4v) is 1.57. The Labute approximate surface area is 77.0 Å². The molecule has 0 aliphatic heterocycles. The van der Waals surface area contributed by atoms with Crippen LogP contribution in [0.5, 0.6) is 0 Å². The second kappa shape index (κ2) is 3.42. The summed E-state index contributed by atoms with van der Waals surface area (Å²) in [7, 11) is 0. The van der Waals surface area contributed by atoms with Crippen molar-refractivity contribution in [3.8, 4) is 0 Å². The van der Waals surface area contributed by atoms with Crippen molar-refractivity contribution in [2.45, 2.75) is 13.3 Å². The molecule has 0 N–H and O–H groups in total. The summed E-state index contributed by atoms with van der Waals surface area (Å²) in [5.74, 6) is 0. The Balaban J connectivity index is 3.09. The van der Waals surface area contributed by atoms with Crippen LogP contribution >= 0.6 is 22.6 Å². The van der Waals surface area contributed by atoms with E-state index >= 15 is 0 Å². The number of rotatable bonds is 1. The monoisotopic (exact) mass is 269 g/mol. The molecule has 0 unspecified atom stereocenters. The molecule has 1 rings (SSSR count). The lowest BCUT2D eigenvalue weighted by Crippen LogP contribution is -1.94. The summed E-state index contributed by atoms with van der Waals surface area (Å²) in [5.41, 5.74) is 0.773. The van der Waals surface area contributed by atoms with E-state index in [9.17, 15) is 8.78 Å². The molecule has 1 heterocycles. The highest BCUT2D eigenvalue weighted by Crippen LogP contribution is 2.22.